The molecule has 21 heavy (non-hydrogen) atoms. The SMILES string of the molecule is CC(NCC1(O)CCCCC1)c1cccc2ccccc12. The first kappa shape index (κ1) is 14.6. The van der Waals surface area contributed by atoms with Gasteiger partial charge >= 0.3 is 0 Å². The molecular weight excluding hydrogens is 258 g/mol. The van der Waals surface area contributed by atoms with Crippen LogP contribution >= 0.6 is 0 Å². The van der Waals surface area contributed by atoms with E-state index in [1.54, 1.807) is 0 Å². The minimum atomic E-state index is -0.503. The zero-order valence-corrected chi connectivity index (χ0v) is 12.8. The van der Waals surface area contributed by atoms with Crippen LogP contribution in [0.25, 0.3) is 10.8 Å². The number of rotatable bonds is 4. The van der Waals surface area contributed by atoms with Crippen molar-refractivity contribution in [1.82, 2.24) is 5.32 Å². The maximum Gasteiger partial charge on any atom is 0.0771 e. The molecule has 1 aliphatic rings. The summed E-state index contributed by atoms with van der Waals surface area (Å²) in [6, 6.07) is 15.2. The molecule has 0 amide bonds. The van der Waals surface area contributed by atoms with E-state index in [-0.39, 0.29) is 6.04 Å². The van der Waals surface area contributed by atoms with Crippen LogP contribution in [0.4, 0.5) is 0 Å². The number of nitrogens with one attached hydrogen (secondary N) is 1. The second kappa shape index (κ2) is 6.17. The van der Waals surface area contributed by atoms with E-state index in [1.165, 1.54) is 22.8 Å². The van der Waals surface area contributed by atoms with Crippen LogP contribution in [0.3, 0.4) is 0 Å². The molecule has 0 saturated heterocycles. The fourth-order valence-electron chi connectivity index (χ4n) is 3.47. The third-order valence-electron chi connectivity index (χ3n) is 4.81. The quantitative estimate of drug-likeness (QED) is 0.882. The maximum atomic E-state index is 10.6. The van der Waals surface area contributed by atoms with Gasteiger partial charge in [-0.05, 0) is 36.1 Å². The van der Waals surface area contributed by atoms with Crippen molar-refractivity contribution in [3.8, 4) is 0 Å². The number of hydrogen-bond acceptors (Lipinski definition) is 2. The molecular formula is C19H25NO. The summed E-state index contributed by atoms with van der Waals surface area (Å²) in [5.74, 6) is 0. The summed E-state index contributed by atoms with van der Waals surface area (Å²) >= 11 is 0. The molecule has 2 N–H and O–H groups in total. The minimum absolute atomic E-state index is 0.252. The first-order chi connectivity index (χ1) is 10.2. The van der Waals surface area contributed by atoms with Gasteiger partial charge in [-0.15, -0.1) is 0 Å². The first-order valence-electron chi connectivity index (χ1n) is 8.11. The van der Waals surface area contributed by atoms with Gasteiger partial charge in [0.05, 0.1) is 5.60 Å². The lowest BCUT2D eigenvalue weighted by Crippen LogP contribution is -2.42. The van der Waals surface area contributed by atoms with E-state index in [0.717, 1.165) is 25.7 Å². The standard InChI is InChI=1S/C19H25NO/c1-15(20-14-19(21)12-5-2-6-13-19)17-11-7-9-16-8-3-4-10-18(16)17/h3-4,7-11,15,20-21H,2,5-6,12-14H2,1H3. The van der Waals surface area contributed by atoms with E-state index in [2.05, 4.69) is 54.7 Å². The molecule has 0 aliphatic heterocycles. The Morgan fingerprint density at radius 2 is 1.76 bits per heavy atom. The van der Waals surface area contributed by atoms with Crippen LogP contribution in [0.1, 0.15) is 50.6 Å². The van der Waals surface area contributed by atoms with Crippen molar-refractivity contribution in [2.75, 3.05) is 6.54 Å². The van der Waals surface area contributed by atoms with Gasteiger partial charge < -0.3 is 10.4 Å². The van der Waals surface area contributed by atoms with Crippen molar-refractivity contribution in [3.63, 3.8) is 0 Å². The minimum Gasteiger partial charge on any atom is -0.389 e. The van der Waals surface area contributed by atoms with Crippen LogP contribution < -0.4 is 5.32 Å². The van der Waals surface area contributed by atoms with Crippen LogP contribution in [0.15, 0.2) is 42.5 Å². The molecule has 1 fully saturated rings. The van der Waals surface area contributed by atoms with E-state index in [0.29, 0.717) is 6.54 Å². The zero-order valence-electron chi connectivity index (χ0n) is 12.8. The molecule has 3 rings (SSSR count). The highest BCUT2D eigenvalue weighted by Gasteiger charge is 2.29. The Morgan fingerprint density at radius 3 is 2.57 bits per heavy atom. The number of benzene rings is 2. The van der Waals surface area contributed by atoms with Crippen molar-refractivity contribution >= 4 is 10.8 Å². The Balaban J connectivity index is 1.73. The van der Waals surface area contributed by atoms with Gasteiger partial charge in [-0.25, -0.2) is 0 Å². The van der Waals surface area contributed by atoms with Gasteiger partial charge in [0, 0.05) is 12.6 Å². The molecule has 0 heterocycles. The average molecular weight is 283 g/mol. The number of aliphatic hydroxyl groups is 1. The highest BCUT2D eigenvalue weighted by molar-refractivity contribution is 5.86. The van der Waals surface area contributed by atoms with E-state index in [1.807, 2.05) is 0 Å². The van der Waals surface area contributed by atoms with Crippen molar-refractivity contribution in [2.45, 2.75) is 50.7 Å². The molecule has 1 saturated carbocycles. The molecule has 1 aliphatic carbocycles. The summed E-state index contributed by atoms with van der Waals surface area (Å²) in [5, 5.41) is 16.7. The van der Waals surface area contributed by atoms with Gasteiger partial charge in [0.2, 0.25) is 0 Å². The maximum absolute atomic E-state index is 10.6. The van der Waals surface area contributed by atoms with Crippen LogP contribution in [-0.4, -0.2) is 17.3 Å². The Kier molecular flexibility index (Phi) is 4.27. The highest BCUT2D eigenvalue weighted by Crippen LogP contribution is 2.29. The molecule has 0 radical (unpaired) electrons. The Labute approximate surface area is 127 Å². The van der Waals surface area contributed by atoms with E-state index in [9.17, 15) is 5.11 Å². The summed E-state index contributed by atoms with van der Waals surface area (Å²) in [5.41, 5.74) is 0.810. The third kappa shape index (κ3) is 3.28. The lowest BCUT2D eigenvalue weighted by atomic mass is 9.84. The molecule has 0 aromatic heterocycles. The number of hydrogen-bond donors (Lipinski definition) is 2. The largest absolute Gasteiger partial charge is 0.389 e. The molecule has 2 aromatic carbocycles. The topological polar surface area (TPSA) is 32.3 Å². The lowest BCUT2D eigenvalue weighted by Gasteiger charge is -2.33. The van der Waals surface area contributed by atoms with Crippen molar-refractivity contribution in [2.24, 2.45) is 0 Å². The van der Waals surface area contributed by atoms with Gasteiger partial charge in [-0.2, -0.15) is 0 Å². The van der Waals surface area contributed by atoms with Crippen LogP contribution in [-0.2, 0) is 0 Å². The Hall–Kier alpha value is -1.38. The van der Waals surface area contributed by atoms with Crippen LogP contribution in [0.5, 0.6) is 0 Å². The average Bonchev–Trinajstić information content (AvgIpc) is 2.53. The second-order valence-electron chi connectivity index (χ2n) is 6.46. The summed E-state index contributed by atoms with van der Waals surface area (Å²) in [6.45, 7) is 2.88. The molecule has 2 aromatic rings. The second-order valence-corrected chi connectivity index (χ2v) is 6.46. The predicted octanol–water partition coefficient (Wildman–Crippen LogP) is 4.19. The molecule has 2 nitrogen and oxygen atoms in total. The van der Waals surface area contributed by atoms with Gasteiger partial charge in [0.25, 0.3) is 0 Å². The van der Waals surface area contributed by atoms with Crippen LogP contribution in [0.2, 0.25) is 0 Å². The lowest BCUT2D eigenvalue weighted by molar-refractivity contribution is 0.00303. The summed E-state index contributed by atoms with van der Waals surface area (Å²) in [4.78, 5) is 0. The zero-order chi connectivity index (χ0) is 14.7. The van der Waals surface area contributed by atoms with Crippen molar-refractivity contribution in [3.05, 3.63) is 48.0 Å². The predicted molar refractivity (Wildman–Crippen MR) is 88.4 cm³/mol. The molecule has 1 unspecified atom stereocenters. The summed E-state index contributed by atoms with van der Waals surface area (Å²) < 4.78 is 0. The van der Waals surface area contributed by atoms with E-state index in [4.69, 9.17) is 0 Å². The Bertz CT molecular complexity index is 596. The monoisotopic (exact) mass is 283 g/mol. The van der Waals surface area contributed by atoms with Gasteiger partial charge in [0.1, 0.15) is 0 Å². The third-order valence-corrected chi connectivity index (χ3v) is 4.81. The Morgan fingerprint density at radius 1 is 1.05 bits per heavy atom. The van der Waals surface area contributed by atoms with Crippen molar-refractivity contribution < 1.29 is 5.11 Å². The molecule has 0 spiro atoms. The van der Waals surface area contributed by atoms with Gasteiger partial charge in [0.15, 0.2) is 0 Å². The van der Waals surface area contributed by atoms with Gasteiger partial charge in [-0.3, -0.25) is 0 Å². The number of fused-ring (bicyclic) bond motifs is 1. The highest BCUT2D eigenvalue weighted by atomic mass is 16.3. The van der Waals surface area contributed by atoms with E-state index < -0.39 is 5.60 Å². The first-order valence-corrected chi connectivity index (χ1v) is 8.11. The van der Waals surface area contributed by atoms with E-state index >= 15 is 0 Å². The normalized spacial score (nSPS) is 19.5. The van der Waals surface area contributed by atoms with Crippen LogP contribution in [0, 0.1) is 0 Å². The molecule has 1 atom stereocenters. The van der Waals surface area contributed by atoms with Crippen molar-refractivity contribution in [1.29, 1.82) is 0 Å². The molecule has 2 heteroatoms. The summed E-state index contributed by atoms with van der Waals surface area (Å²) in [6.07, 6.45) is 5.44. The van der Waals surface area contributed by atoms with Gasteiger partial charge in [-0.1, -0.05) is 61.7 Å². The fourth-order valence-corrected chi connectivity index (χ4v) is 3.47. The summed E-state index contributed by atoms with van der Waals surface area (Å²) in [7, 11) is 0. The molecule has 0 bridgehead atoms. The smallest absolute Gasteiger partial charge is 0.0771 e. The fraction of sp³-hybridized carbons (Fsp3) is 0.474. The molecule has 112 valence electrons.